The van der Waals surface area contributed by atoms with E-state index in [1.165, 1.54) is 11.0 Å². The third kappa shape index (κ3) is 5.14. The minimum Gasteiger partial charge on any atom is -0.326 e. The number of carbonyl (C=O) groups excluding carboxylic acids is 3. The average Bonchev–Trinajstić information content (AvgIpc) is 3.05. The van der Waals surface area contributed by atoms with Gasteiger partial charge in [-0.2, -0.15) is 0 Å². The quantitative estimate of drug-likeness (QED) is 0.449. The third-order valence-electron chi connectivity index (χ3n) is 6.55. The molecular formula is C26H29N3O5S. The van der Waals surface area contributed by atoms with Gasteiger partial charge in [-0.25, -0.2) is 8.42 Å². The highest BCUT2D eigenvalue weighted by atomic mass is 32.2. The molecule has 3 amide bonds. The van der Waals surface area contributed by atoms with Gasteiger partial charge in [0.2, 0.25) is 17.7 Å². The predicted molar refractivity (Wildman–Crippen MR) is 133 cm³/mol. The van der Waals surface area contributed by atoms with Crippen molar-refractivity contribution in [3.05, 3.63) is 65.2 Å². The number of carbonyl (C=O) groups is 3. The molecule has 0 unspecified atom stereocenters. The van der Waals surface area contributed by atoms with Crippen molar-refractivity contribution < 1.29 is 22.8 Å². The summed E-state index contributed by atoms with van der Waals surface area (Å²) < 4.78 is 28.8. The number of allylic oxidation sites excluding steroid dienone is 2. The van der Waals surface area contributed by atoms with Crippen LogP contribution in [-0.2, 0) is 24.4 Å². The Labute approximate surface area is 205 Å². The van der Waals surface area contributed by atoms with Crippen LogP contribution in [0.2, 0.25) is 0 Å². The van der Waals surface area contributed by atoms with Crippen molar-refractivity contribution in [1.82, 2.24) is 4.90 Å². The molecule has 2 aromatic carbocycles. The monoisotopic (exact) mass is 495 g/mol. The lowest BCUT2D eigenvalue weighted by atomic mass is 9.85. The third-order valence-corrected chi connectivity index (χ3v) is 8.06. The standard InChI is InChI=1S/C26H29N3O5S/c1-16-8-11-22(18(3)14-16)28-35(33,34)23-15-19(10-9-17(23)2)27-24(30)12-13-29-25(31)20-6-4-5-7-21(20)26(29)32/h4-5,8-11,14-15,20-21,28H,6-7,12-13H2,1-3H3,(H,27,30)/t20-,21+. The average molecular weight is 496 g/mol. The summed E-state index contributed by atoms with van der Waals surface area (Å²) in [6.45, 7) is 5.44. The first-order chi connectivity index (χ1) is 16.6. The molecule has 2 aliphatic rings. The molecule has 0 bridgehead atoms. The maximum atomic E-state index is 13.1. The van der Waals surface area contributed by atoms with E-state index >= 15 is 0 Å². The van der Waals surface area contributed by atoms with Gasteiger partial charge in [0, 0.05) is 18.7 Å². The summed E-state index contributed by atoms with van der Waals surface area (Å²) in [4.78, 5) is 39.0. The van der Waals surface area contributed by atoms with E-state index in [0.29, 0.717) is 29.8 Å². The van der Waals surface area contributed by atoms with E-state index < -0.39 is 15.9 Å². The van der Waals surface area contributed by atoms with Crippen LogP contribution in [0.4, 0.5) is 11.4 Å². The Morgan fingerprint density at radius 2 is 1.60 bits per heavy atom. The molecule has 0 saturated carbocycles. The Hall–Kier alpha value is -3.46. The first-order valence-electron chi connectivity index (χ1n) is 11.6. The van der Waals surface area contributed by atoms with Crippen LogP contribution < -0.4 is 10.0 Å². The molecule has 35 heavy (non-hydrogen) atoms. The van der Waals surface area contributed by atoms with Gasteiger partial charge in [-0.15, -0.1) is 0 Å². The lowest BCUT2D eigenvalue weighted by Gasteiger charge is -2.16. The largest absolute Gasteiger partial charge is 0.326 e. The SMILES string of the molecule is Cc1ccc(NS(=O)(=O)c2cc(NC(=O)CCN3C(=O)[C@H]4CC=CC[C@H]4C3=O)ccc2C)c(C)c1. The Balaban J connectivity index is 1.42. The van der Waals surface area contributed by atoms with Gasteiger partial charge in [-0.05, 0) is 62.9 Å². The minimum absolute atomic E-state index is 0.00176. The molecule has 1 fully saturated rings. The van der Waals surface area contributed by atoms with E-state index in [0.717, 1.165) is 11.1 Å². The number of nitrogens with zero attached hydrogens (tertiary/aromatic N) is 1. The number of amides is 3. The lowest BCUT2D eigenvalue weighted by molar-refractivity contribution is -0.140. The molecule has 2 aromatic rings. The molecule has 9 heteroatoms. The van der Waals surface area contributed by atoms with Gasteiger partial charge >= 0.3 is 0 Å². The van der Waals surface area contributed by atoms with Crippen molar-refractivity contribution in [3.63, 3.8) is 0 Å². The molecule has 1 aliphatic carbocycles. The topological polar surface area (TPSA) is 113 Å². The number of sulfonamides is 1. The number of hydrogen-bond donors (Lipinski definition) is 2. The fraction of sp³-hybridized carbons (Fsp3) is 0.346. The number of anilines is 2. The summed E-state index contributed by atoms with van der Waals surface area (Å²) in [5, 5.41) is 2.69. The molecule has 0 radical (unpaired) electrons. The van der Waals surface area contributed by atoms with Crippen molar-refractivity contribution in [2.75, 3.05) is 16.6 Å². The van der Waals surface area contributed by atoms with Gasteiger partial charge in [-0.3, -0.25) is 24.0 Å². The van der Waals surface area contributed by atoms with Gasteiger partial charge in [0.25, 0.3) is 10.0 Å². The number of imide groups is 1. The summed E-state index contributed by atoms with van der Waals surface area (Å²) in [6, 6.07) is 10.1. The van der Waals surface area contributed by atoms with Crippen LogP contribution in [0.1, 0.15) is 36.0 Å². The highest BCUT2D eigenvalue weighted by Gasteiger charge is 2.46. The Bertz CT molecular complexity index is 1310. The van der Waals surface area contributed by atoms with Crippen LogP contribution in [0.25, 0.3) is 0 Å². The molecule has 0 spiro atoms. The van der Waals surface area contributed by atoms with Crippen LogP contribution >= 0.6 is 0 Å². The van der Waals surface area contributed by atoms with Gasteiger partial charge in [0.05, 0.1) is 22.4 Å². The first kappa shape index (κ1) is 24.7. The number of nitrogens with one attached hydrogen (secondary N) is 2. The summed E-state index contributed by atoms with van der Waals surface area (Å²) in [5.41, 5.74) is 3.17. The lowest BCUT2D eigenvalue weighted by Crippen LogP contribution is -2.34. The summed E-state index contributed by atoms with van der Waals surface area (Å²) >= 11 is 0. The van der Waals surface area contributed by atoms with Crippen LogP contribution in [0.3, 0.4) is 0 Å². The number of benzene rings is 2. The highest BCUT2D eigenvalue weighted by Crippen LogP contribution is 2.35. The zero-order valence-electron chi connectivity index (χ0n) is 20.0. The zero-order chi connectivity index (χ0) is 25.3. The molecule has 0 aromatic heterocycles. The van der Waals surface area contributed by atoms with Gasteiger partial charge < -0.3 is 5.32 Å². The maximum Gasteiger partial charge on any atom is 0.262 e. The first-order valence-corrected chi connectivity index (χ1v) is 13.1. The summed E-state index contributed by atoms with van der Waals surface area (Å²) in [5.74, 6) is -1.51. The van der Waals surface area contributed by atoms with Gasteiger partial charge in [0.1, 0.15) is 0 Å². The van der Waals surface area contributed by atoms with Crippen molar-refractivity contribution >= 4 is 39.1 Å². The normalized spacial score (nSPS) is 19.6. The van der Waals surface area contributed by atoms with E-state index in [1.54, 1.807) is 25.1 Å². The number of rotatable bonds is 7. The second-order valence-corrected chi connectivity index (χ2v) is 10.8. The van der Waals surface area contributed by atoms with Crippen LogP contribution in [0.15, 0.2) is 53.4 Å². The van der Waals surface area contributed by atoms with E-state index in [4.69, 9.17) is 0 Å². The second kappa shape index (κ2) is 9.65. The molecule has 2 N–H and O–H groups in total. The van der Waals surface area contributed by atoms with E-state index in [1.807, 2.05) is 38.1 Å². The summed E-state index contributed by atoms with van der Waals surface area (Å²) in [6.07, 6.45) is 4.87. The van der Waals surface area contributed by atoms with E-state index in [9.17, 15) is 22.8 Å². The number of aryl methyl sites for hydroxylation is 3. The van der Waals surface area contributed by atoms with Gasteiger partial charge in [0.15, 0.2) is 0 Å². The predicted octanol–water partition coefficient (Wildman–Crippen LogP) is 3.69. The van der Waals surface area contributed by atoms with Gasteiger partial charge in [-0.1, -0.05) is 35.9 Å². The smallest absolute Gasteiger partial charge is 0.262 e. The molecular weight excluding hydrogens is 466 g/mol. The molecule has 4 rings (SSSR count). The van der Waals surface area contributed by atoms with Crippen LogP contribution in [-0.4, -0.2) is 37.6 Å². The van der Waals surface area contributed by atoms with Crippen molar-refractivity contribution in [3.8, 4) is 0 Å². The Morgan fingerprint density at radius 3 is 2.23 bits per heavy atom. The molecule has 8 nitrogen and oxygen atoms in total. The van der Waals surface area contributed by atoms with E-state index in [2.05, 4.69) is 10.0 Å². The zero-order valence-corrected chi connectivity index (χ0v) is 20.8. The number of fused-ring (bicyclic) bond motifs is 1. The highest BCUT2D eigenvalue weighted by molar-refractivity contribution is 7.92. The fourth-order valence-electron chi connectivity index (χ4n) is 4.62. The Kier molecular flexibility index (Phi) is 6.80. The summed E-state index contributed by atoms with van der Waals surface area (Å²) in [7, 11) is -3.89. The molecule has 184 valence electrons. The van der Waals surface area contributed by atoms with E-state index in [-0.39, 0.29) is 41.5 Å². The van der Waals surface area contributed by atoms with Crippen LogP contribution in [0, 0.1) is 32.6 Å². The Morgan fingerprint density at radius 1 is 0.943 bits per heavy atom. The number of hydrogen-bond acceptors (Lipinski definition) is 5. The number of likely N-dealkylation sites (tertiary alicyclic amines) is 1. The van der Waals surface area contributed by atoms with Crippen molar-refractivity contribution in [1.29, 1.82) is 0 Å². The molecule has 2 atom stereocenters. The molecule has 1 heterocycles. The minimum atomic E-state index is -3.89. The second-order valence-electron chi connectivity index (χ2n) is 9.19. The van der Waals surface area contributed by atoms with Crippen molar-refractivity contribution in [2.24, 2.45) is 11.8 Å². The van der Waals surface area contributed by atoms with Crippen molar-refractivity contribution in [2.45, 2.75) is 44.9 Å². The molecule has 1 saturated heterocycles. The fourth-order valence-corrected chi connectivity index (χ4v) is 6.02. The van der Waals surface area contributed by atoms with Crippen LogP contribution in [0.5, 0.6) is 0 Å². The maximum absolute atomic E-state index is 13.1. The molecule has 1 aliphatic heterocycles.